The molecule has 2 amide bonds. The molecule has 0 heterocycles. The van der Waals surface area contributed by atoms with Crippen LogP contribution in [0.15, 0.2) is 103 Å². The zero-order chi connectivity index (χ0) is 30.1. The van der Waals surface area contributed by atoms with E-state index >= 15 is 0 Å². The van der Waals surface area contributed by atoms with Gasteiger partial charge in [0.1, 0.15) is 11.5 Å². The second-order valence-electron chi connectivity index (χ2n) is 8.98. The molecule has 0 aromatic heterocycles. The topological polar surface area (TPSA) is 105 Å². The maximum Gasteiger partial charge on any atom is 0.573 e. The number of benzene rings is 4. The summed E-state index contributed by atoms with van der Waals surface area (Å²) in [6.07, 6.45) is -5.90. The average molecular weight is 579 g/mol. The van der Waals surface area contributed by atoms with Crippen LogP contribution in [0, 0.1) is 0 Å². The van der Waals surface area contributed by atoms with E-state index < -0.39 is 30.1 Å². The van der Waals surface area contributed by atoms with Gasteiger partial charge in [0.25, 0.3) is 5.91 Å². The Labute approximate surface area is 238 Å². The summed E-state index contributed by atoms with van der Waals surface area (Å²) < 4.78 is 46.8. The zero-order valence-electron chi connectivity index (χ0n) is 22.0. The third kappa shape index (κ3) is 8.59. The van der Waals surface area contributed by atoms with Crippen molar-refractivity contribution >= 4 is 23.7 Å². The summed E-state index contributed by atoms with van der Waals surface area (Å²) in [7, 11) is 0. The van der Waals surface area contributed by atoms with Gasteiger partial charge in [0.2, 0.25) is 0 Å². The maximum absolute atomic E-state index is 13.3. The van der Waals surface area contributed by atoms with Gasteiger partial charge in [-0.05, 0) is 65.2 Å². The summed E-state index contributed by atoms with van der Waals surface area (Å²) in [6, 6.07) is 27.7. The van der Waals surface area contributed by atoms with E-state index in [9.17, 15) is 27.6 Å². The van der Waals surface area contributed by atoms with E-state index in [0.717, 1.165) is 28.8 Å². The predicted octanol–water partition coefficient (Wildman–Crippen LogP) is 6.66. The van der Waals surface area contributed by atoms with Gasteiger partial charge in [0.05, 0.1) is 13.0 Å². The van der Waals surface area contributed by atoms with Crippen molar-refractivity contribution in [1.82, 2.24) is 5.32 Å². The number of anilines is 1. The molecule has 11 heteroatoms. The van der Waals surface area contributed by atoms with Gasteiger partial charge in [-0.25, -0.2) is 4.79 Å². The molecule has 0 unspecified atom stereocenters. The molecule has 0 aliphatic heterocycles. The van der Waals surface area contributed by atoms with E-state index in [1.807, 2.05) is 54.6 Å². The van der Waals surface area contributed by atoms with Crippen molar-refractivity contribution in [1.29, 1.82) is 0 Å². The average Bonchev–Trinajstić information content (AvgIpc) is 2.97. The molecule has 42 heavy (non-hydrogen) atoms. The quantitative estimate of drug-likeness (QED) is 0.218. The first-order chi connectivity index (χ1) is 20.1. The van der Waals surface area contributed by atoms with Crippen molar-refractivity contribution in [3.05, 3.63) is 114 Å². The number of halogens is 3. The van der Waals surface area contributed by atoms with Gasteiger partial charge in [-0.15, -0.1) is 13.2 Å². The van der Waals surface area contributed by atoms with Crippen LogP contribution in [0.2, 0.25) is 0 Å². The molecule has 0 bridgehead atoms. The van der Waals surface area contributed by atoms with Gasteiger partial charge in [0, 0.05) is 17.8 Å². The first kappa shape index (κ1) is 29.7. The van der Waals surface area contributed by atoms with Gasteiger partial charge in [-0.1, -0.05) is 54.6 Å². The van der Waals surface area contributed by atoms with Crippen molar-refractivity contribution in [2.75, 3.05) is 11.4 Å². The summed E-state index contributed by atoms with van der Waals surface area (Å²) >= 11 is 0. The number of hydrogen-bond acceptors (Lipinski definition) is 5. The van der Waals surface area contributed by atoms with Crippen molar-refractivity contribution < 1.29 is 42.1 Å². The lowest BCUT2D eigenvalue weighted by Gasteiger charge is -2.23. The summed E-state index contributed by atoms with van der Waals surface area (Å²) in [6.45, 7) is 0.0352. The second-order valence-corrected chi connectivity index (χ2v) is 8.98. The van der Waals surface area contributed by atoms with E-state index in [0.29, 0.717) is 5.69 Å². The highest BCUT2D eigenvalue weighted by Crippen LogP contribution is 2.27. The summed E-state index contributed by atoms with van der Waals surface area (Å²) in [5, 5.41) is 11.3. The number of carboxylic acids is 1. The van der Waals surface area contributed by atoms with Crippen LogP contribution < -0.4 is 19.7 Å². The van der Waals surface area contributed by atoms with Crippen LogP contribution in [-0.4, -0.2) is 36.0 Å². The fourth-order valence-corrected chi connectivity index (χ4v) is 3.92. The number of carbonyl (C=O) groups is 3. The number of nitrogens with one attached hydrogen (secondary N) is 1. The van der Waals surface area contributed by atoms with Crippen molar-refractivity contribution in [2.45, 2.75) is 19.3 Å². The number of rotatable bonds is 10. The van der Waals surface area contributed by atoms with E-state index in [1.54, 1.807) is 0 Å². The number of aliphatic carboxylic acids is 1. The van der Waals surface area contributed by atoms with Crippen LogP contribution in [-0.2, 0) is 11.3 Å². The van der Waals surface area contributed by atoms with Gasteiger partial charge < -0.3 is 19.9 Å². The number of carboxylic acid groups (broad SMARTS) is 1. The smallest absolute Gasteiger partial charge is 0.481 e. The van der Waals surface area contributed by atoms with Crippen molar-refractivity contribution in [2.24, 2.45) is 0 Å². The first-order valence-corrected chi connectivity index (χ1v) is 12.7. The number of ether oxygens (including phenoxy) is 2. The van der Waals surface area contributed by atoms with Gasteiger partial charge in [-0.3, -0.25) is 14.5 Å². The molecule has 4 rings (SSSR count). The lowest BCUT2D eigenvalue weighted by atomic mass is 10.0. The first-order valence-electron chi connectivity index (χ1n) is 12.7. The summed E-state index contributed by atoms with van der Waals surface area (Å²) in [5.74, 6) is -1.99. The standard InChI is InChI=1S/C31H25F3N2O6/c32-31(33,34)42-27-16-14-26(15-17-27)41-30(40)36(20-21-6-8-23(9-7-21)22-4-2-1-3-5-22)25-12-10-24(11-13-25)29(39)35-19-18-28(37)38/h1-17H,18-20H2,(H,35,39)(H,37,38). The van der Waals surface area contributed by atoms with Crippen LogP contribution in [0.1, 0.15) is 22.3 Å². The molecule has 0 atom stereocenters. The van der Waals surface area contributed by atoms with Crippen LogP contribution in [0.5, 0.6) is 11.5 Å². The van der Waals surface area contributed by atoms with Gasteiger partial charge in [-0.2, -0.15) is 0 Å². The minimum atomic E-state index is -4.86. The van der Waals surface area contributed by atoms with Crippen LogP contribution >= 0.6 is 0 Å². The fourth-order valence-electron chi connectivity index (χ4n) is 3.92. The highest BCUT2D eigenvalue weighted by atomic mass is 19.4. The molecular formula is C31H25F3N2O6. The van der Waals surface area contributed by atoms with E-state index in [-0.39, 0.29) is 30.8 Å². The Kier molecular flexibility index (Phi) is 9.43. The molecule has 4 aromatic carbocycles. The number of amides is 2. The normalized spacial score (nSPS) is 10.9. The molecule has 2 N–H and O–H groups in total. The number of hydrogen-bond donors (Lipinski definition) is 2. The van der Waals surface area contributed by atoms with Gasteiger partial charge >= 0.3 is 18.4 Å². The molecule has 0 fully saturated rings. The minimum absolute atomic E-state index is 0.00613. The van der Waals surface area contributed by atoms with Crippen LogP contribution in [0.4, 0.5) is 23.7 Å². The predicted molar refractivity (Wildman–Crippen MR) is 148 cm³/mol. The molecule has 216 valence electrons. The Balaban J connectivity index is 1.54. The Hall–Kier alpha value is -5.32. The van der Waals surface area contributed by atoms with Crippen molar-refractivity contribution in [3.8, 4) is 22.6 Å². The molecule has 0 radical (unpaired) electrons. The van der Waals surface area contributed by atoms with Crippen molar-refractivity contribution in [3.63, 3.8) is 0 Å². The number of nitrogens with zero attached hydrogens (tertiary/aromatic N) is 1. The number of alkyl halides is 3. The third-order valence-corrected chi connectivity index (χ3v) is 5.95. The molecule has 0 saturated carbocycles. The zero-order valence-corrected chi connectivity index (χ0v) is 22.0. The number of carbonyl (C=O) groups excluding carboxylic acids is 2. The van der Waals surface area contributed by atoms with Gasteiger partial charge in [0.15, 0.2) is 0 Å². The maximum atomic E-state index is 13.3. The highest BCUT2D eigenvalue weighted by Gasteiger charge is 2.31. The third-order valence-electron chi connectivity index (χ3n) is 5.95. The molecule has 0 spiro atoms. The Morgan fingerprint density at radius 1 is 0.762 bits per heavy atom. The minimum Gasteiger partial charge on any atom is -0.481 e. The molecule has 0 aliphatic rings. The van der Waals surface area contributed by atoms with E-state index in [1.165, 1.54) is 41.3 Å². The van der Waals surface area contributed by atoms with E-state index in [4.69, 9.17) is 9.84 Å². The molecular weight excluding hydrogens is 553 g/mol. The lowest BCUT2D eigenvalue weighted by Crippen LogP contribution is -2.33. The Morgan fingerprint density at radius 3 is 1.95 bits per heavy atom. The SMILES string of the molecule is O=C(O)CCNC(=O)c1ccc(N(Cc2ccc(-c3ccccc3)cc2)C(=O)Oc2ccc(OC(F)(F)F)cc2)cc1. The van der Waals surface area contributed by atoms with E-state index in [2.05, 4.69) is 10.1 Å². The summed E-state index contributed by atoms with van der Waals surface area (Å²) in [4.78, 5) is 37.6. The fraction of sp³-hybridized carbons (Fsp3) is 0.129. The van der Waals surface area contributed by atoms with Crippen LogP contribution in [0.3, 0.4) is 0 Å². The lowest BCUT2D eigenvalue weighted by molar-refractivity contribution is -0.274. The summed E-state index contributed by atoms with van der Waals surface area (Å²) in [5.41, 5.74) is 3.40. The van der Waals surface area contributed by atoms with Crippen LogP contribution in [0.25, 0.3) is 11.1 Å². The Bertz CT molecular complexity index is 1510. The monoisotopic (exact) mass is 578 g/mol. The Morgan fingerprint density at radius 2 is 1.36 bits per heavy atom. The second kappa shape index (κ2) is 13.4. The molecule has 4 aromatic rings. The molecule has 0 aliphatic carbocycles. The highest BCUT2D eigenvalue weighted by molar-refractivity contribution is 5.95. The largest absolute Gasteiger partial charge is 0.573 e. The molecule has 0 saturated heterocycles. The molecule has 8 nitrogen and oxygen atoms in total.